The van der Waals surface area contributed by atoms with Crippen LogP contribution in [-0.2, 0) is 27.2 Å². The average molecular weight is 637 g/mol. The number of ether oxygens (including phenoxy) is 3. The molecule has 0 unspecified atom stereocenters. The van der Waals surface area contributed by atoms with E-state index in [0.717, 1.165) is 54.0 Å². The van der Waals surface area contributed by atoms with Crippen LogP contribution in [0, 0.1) is 5.92 Å². The molecule has 9 nitrogen and oxygen atoms in total. The van der Waals surface area contributed by atoms with Crippen LogP contribution in [0.25, 0.3) is 0 Å². The number of fused-ring (bicyclic) bond motifs is 1. The molecule has 1 saturated heterocycles. The first-order valence-corrected chi connectivity index (χ1v) is 14.9. The second-order valence-corrected chi connectivity index (χ2v) is 11.2. The van der Waals surface area contributed by atoms with Gasteiger partial charge in [-0.2, -0.15) is 0 Å². The molecule has 2 aromatic carbocycles. The predicted molar refractivity (Wildman–Crippen MR) is 160 cm³/mol. The lowest BCUT2D eigenvalue weighted by Crippen LogP contribution is -2.35. The lowest BCUT2D eigenvalue weighted by atomic mass is 9.90. The summed E-state index contributed by atoms with van der Waals surface area (Å²) in [7, 11) is 1.68. The van der Waals surface area contributed by atoms with E-state index in [0.29, 0.717) is 32.2 Å². The number of carbonyl (C=O) groups excluding carboxylic acids is 1. The zero-order chi connectivity index (χ0) is 29.6. The molecule has 4 rings (SSSR count). The molecule has 0 atom stereocenters. The Hall–Kier alpha value is -2.95. The Bertz CT molecular complexity index is 1160. The molecule has 0 radical (unpaired) electrons. The fourth-order valence-electron chi connectivity index (χ4n) is 4.91. The number of carboxylic acid groups (broad SMARTS) is 2. The summed E-state index contributed by atoms with van der Waals surface area (Å²) in [6.45, 7) is 4.95. The number of ketones is 1. The molecular weight excluding hydrogens is 594 g/mol. The van der Waals surface area contributed by atoms with Crippen molar-refractivity contribution in [1.29, 1.82) is 0 Å². The van der Waals surface area contributed by atoms with Crippen LogP contribution >= 0.6 is 15.9 Å². The Morgan fingerprint density at radius 1 is 1.05 bits per heavy atom. The summed E-state index contributed by atoms with van der Waals surface area (Å²) >= 11 is 3.58. The summed E-state index contributed by atoms with van der Waals surface area (Å²) in [5.41, 5.74) is 3.31. The van der Waals surface area contributed by atoms with Crippen molar-refractivity contribution in [3.63, 3.8) is 0 Å². The van der Waals surface area contributed by atoms with Crippen molar-refractivity contribution < 1.29 is 40.2 Å². The topological polar surface area (TPSA) is 123 Å². The molecule has 2 N–H and O–H groups in total. The minimum Gasteiger partial charge on any atom is -0.492 e. The van der Waals surface area contributed by atoms with E-state index in [1.807, 2.05) is 12.1 Å². The van der Waals surface area contributed by atoms with E-state index in [1.54, 1.807) is 7.11 Å². The SMILES string of the molecule is COCCOc1cc(CC2CCN(CCc3ccc4c(c3)C(=O)CCO4)CC2)ccc1Br.O=C(O)CCCC(=O)O.[HH]. The van der Waals surface area contributed by atoms with Gasteiger partial charge in [0.2, 0.25) is 0 Å². The standard InChI is InChI=1S/C26H32BrNO4.C5H8O4.H2/c1-30-14-15-32-26-18-21(2-4-23(26)27)16-20-7-11-28(12-8-20)10-6-19-3-5-25-22(17-19)24(29)9-13-31-25;6-4(7)2-1-3-5(8)9;/h2-5,17-18,20H,6-16H2,1H3;1-3H2,(H,6,7)(H,8,9);1H. The summed E-state index contributed by atoms with van der Waals surface area (Å²) in [5.74, 6) is 0.649. The van der Waals surface area contributed by atoms with Crippen molar-refractivity contribution in [3.8, 4) is 11.5 Å². The van der Waals surface area contributed by atoms with Crippen LogP contribution in [0.15, 0.2) is 40.9 Å². The number of rotatable bonds is 13. The van der Waals surface area contributed by atoms with Gasteiger partial charge in [0.25, 0.3) is 0 Å². The number of carbonyl (C=O) groups is 3. The van der Waals surface area contributed by atoms with E-state index in [9.17, 15) is 14.4 Å². The highest BCUT2D eigenvalue weighted by Crippen LogP contribution is 2.30. The fourth-order valence-corrected chi connectivity index (χ4v) is 5.27. The van der Waals surface area contributed by atoms with Gasteiger partial charge >= 0.3 is 11.9 Å². The van der Waals surface area contributed by atoms with Crippen LogP contribution in [0.3, 0.4) is 0 Å². The van der Waals surface area contributed by atoms with E-state index in [4.69, 9.17) is 24.4 Å². The van der Waals surface area contributed by atoms with Crippen LogP contribution in [0.5, 0.6) is 11.5 Å². The average Bonchev–Trinajstić information content (AvgIpc) is 2.95. The van der Waals surface area contributed by atoms with Gasteiger partial charge in [-0.1, -0.05) is 12.1 Å². The maximum Gasteiger partial charge on any atom is 0.303 e. The number of Topliss-reactive ketones (excluding diaryl/α,β-unsaturated/α-hetero) is 1. The zero-order valence-electron chi connectivity index (χ0n) is 23.6. The van der Waals surface area contributed by atoms with Crippen molar-refractivity contribution in [2.75, 3.05) is 46.6 Å². The quantitative estimate of drug-likeness (QED) is 0.274. The number of piperidine rings is 1. The van der Waals surface area contributed by atoms with Gasteiger partial charge in [-0.05, 0) is 102 Å². The number of likely N-dealkylation sites (tertiary alicyclic amines) is 1. The van der Waals surface area contributed by atoms with E-state index >= 15 is 0 Å². The first-order valence-electron chi connectivity index (χ1n) is 14.1. The predicted octanol–water partition coefficient (Wildman–Crippen LogP) is 5.51. The Morgan fingerprint density at radius 2 is 1.76 bits per heavy atom. The van der Waals surface area contributed by atoms with Crippen molar-refractivity contribution in [2.45, 2.75) is 51.4 Å². The van der Waals surface area contributed by atoms with Gasteiger partial charge in [0.15, 0.2) is 5.78 Å². The highest BCUT2D eigenvalue weighted by Gasteiger charge is 2.21. The summed E-state index contributed by atoms with van der Waals surface area (Å²) in [6.07, 6.45) is 5.07. The molecular formula is C31H42BrNO8. The van der Waals surface area contributed by atoms with Crippen LogP contribution in [0.4, 0.5) is 0 Å². The van der Waals surface area contributed by atoms with Crippen molar-refractivity contribution in [2.24, 2.45) is 5.92 Å². The third-order valence-electron chi connectivity index (χ3n) is 7.20. The van der Waals surface area contributed by atoms with E-state index < -0.39 is 11.9 Å². The Kier molecular flexibility index (Phi) is 13.6. The number of methoxy groups -OCH3 is 1. The minimum absolute atomic E-state index is 0. The molecule has 0 bridgehead atoms. The summed E-state index contributed by atoms with van der Waals surface area (Å²) in [5, 5.41) is 16.1. The maximum absolute atomic E-state index is 12.1. The van der Waals surface area contributed by atoms with E-state index in [-0.39, 0.29) is 26.5 Å². The molecule has 226 valence electrons. The molecule has 0 aromatic heterocycles. The van der Waals surface area contributed by atoms with Crippen LogP contribution < -0.4 is 9.47 Å². The van der Waals surface area contributed by atoms with Crippen LogP contribution in [-0.4, -0.2) is 79.4 Å². The molecule has 0 amide bonds. The molecule has 2 aliphatic rings. The molecule has 10 heteroatoms. The lowest BCUT2D eigenvalue weighted by Gasteiger charge is -2.32. The highest BCUT2D eigenvalue weighted by molar-refractivity contribution is 9.10. The molecule has 0 aliphatic carbocycles. The maximum atomic E-state index is 12.1. The summed E-state index contributed by atoms with van der Waals surface area (Å²) < 4.78 is 17.5. The molecule has 0 spiro atoms. The third kappa shape index (κ3) is 11.4. The van der Waals surface area contributed by atoms with Gasteiger partial charge < -0.3 is 29.3 Å². The first kappa shape index (κ1) is 32.6. The van der Waals surface area contributed by atoms with Gasteiger partial charge in [-0.25, -0.2) is 0 Å². The van der Waals surface area contributed by atoms with Crippen LogP contribution in [0.2, 0.25) is 0 Å². The van der Waals surface area contributed by atoms with Crippen LogP contribution in [0.1, 0.15) is 61.4 Å². The number of aliphatic carboxylic acids is 2. The van der Waals surface area contributed by atoms with Gasteiger partial charge in [0.1, 0.15) is 18.1 Å². The Morgan fingerprint density at radius 3 is 2.44 bits per heavy atom. The summed E-state index contributed by atoms with van der Waals surface area (Å²) in [6, 6.07) is 12.5. The second kappa shape index (κ2) is 17.1. The van der Waals surface area contributed by atoms with Crippen molar-refractivity contribution in [1.82, 2.24) is 4.90 Å². The van der Waals surface area contributed by atoms with Gasteiger partial charge in [0, 0.05) is 34.3 Å². The Balaban J connectivity index is 0.000000536. The molecule has 2 heterocycles. The van der Waals surface area contributed by atoms with E-state index in [1.165, 1.54) is 24.0 Å². The fraction of sp³-hybridized carbons (Fsp3) is 0.516. The van der Waals surface area contributed by atoms with Crippen molar-refractivity contribution >= 4 is 33.7 Å². The largest absolute Gasteiger partial charge is 0.492 e. The number of nitrogens with zero attached hydrogens (tertiary/aromatic N) is 1. The smallest absolute Gasteiger partial charge is 0.303 e. The minimum atomic E-state index is -0.948. The zero-order valence-corrected chi connectivity index (χ0v) is 25.2. The number of hydrogen-bond acceptors (Lipinski definition) is 7. The Labute approximate surface area is 251 Å². The molecule has 0 saturated carbocycles. The number of halogens is 1. The molecule has 2 aliphatic heterocycles. The van der Waals surface area contributed by atoms with Crippen molar-refractivity contribution in [3.05, 3.63) is 57.6 Å². The third-order valence-corrected chi connectivity index (χ3v) is 7.86. The van der Waals surface area contributed by atoms with Gasteiger partial charge in [0.05, 0.1) is 23.2 Å². The van der Waals surface area contributed by atoms with Gasteiger partial charge in [-0.15, -0.1) is 0 Å². The first-order chi connectivity index (χ1) is 19.7. The normalized spacial score (nSPS) is 15.3. The molecule has 2 aromatic rings. The number of hydrogen-bond donors (Lipinski definition) is 2. The highest BCUT2D eigenvalue weighted by atomic mass is 79.9. The molecule has 1 fully saturated rings. The summed E-state index contributed by atoms with van der Waals surface area (Å²) in [4.78, 5) is 34.3. The number of carboxylic acids is 2. The monoisotopic (exact) mass is 635 g/mol. The number of benzene rings is 2. The van der Waals surface area contributed by atoms with Gasteiger partial charge in [-0.3, -0.25) is 14.4 Å². The molecule has 41 heavy (non-hydrogen) atoms. The lowest BCUT2D eigenvalue weighted by molar-refractivity contribution is -0.138. The van der Waals surface area contributed by atoms with E-state index in [2.05, 4.69) is 45.1 Å². The second-order valence-electron chi connectivity index (χ2n) is 10.3.